The van der Waals surface area contributed by atoms with Crippen molar-refractivity contribution >= 4 is 51.1 Å². The molecule has 0 aliphatic heterocycles. The molecule has 0 fully saturated rings. The monoisotopic (exact) mass is 442 g/mol. The van der Waals surface area contributed by atoms with Crippen LogP contribution >= 0.6 is 23.6 Å². The fraction of sp³-hybridized carbons (Fsp3) is 0.150. The highest BCUT2D eigenvalue weighted by Gasteiger charge is 2.25. The first kappa shape index (κ1) is 21.3. The Labute approximate surface area is 182 Å². The van der Waals surface area contributed by atoms with E-state index in [0.29, 0.717) is 16.4 Å². The molecule has 0 radical (unpaired) electrons. The van der Waals surface area contributed by atoms with Gasteiger partial charge in [0.15, 0.2) is 5.11 Å². The summed E-state index contributed by atoms with van der Waals surface area (Å²) in [4.78, 5) is 27.8. The summed E-state index contributed by atoms with van der Waals surface area (Å²) in [5.41, 5.74) is 1.98. The molecule has 2 heterocycles. The maximum Gasteiger partial charge on any atom is 0.341 e. The Morgan fingerprint density at radius 2 is 1.97 bits per heavy atom. The molecule has 3 rings (SSSR count). The number of carbonyl (C=O) groups is 1. The van der Waals surface area contributed by atoms with E-state index in [1.165, 1.54) is 23.5 Å². The van der Waals surface area contributed by atoms with E-state index >= 15 is 0 Å². The number of esters is 1. The minimum atomic E-state index is -0.529. The summed E-state index contributed by atoms with van der Waals surface area (Å²) in [6.07, 6.45) is 1.14. The number of pyridine rings is 1. The second-order valence-corrected chi connectivity index (χ2v) is 7.69. The van der Waals surface area contributed by atoms with Crippen molar-refractivity contribution in [2.45, 2.75) is 13.8 Å². The van der Waals surface area contributed by atoms with E-state index in [-0.39, 0.29) is 17.4 Å². The predicted molar refractivity (Wildman–Crippen MR) is 121 cm³/mol. The third-order valence-corrected chi connectivity index (χ3v) is 5.28. The quantitative estimate of drug-likeness (QED) is 0.237. The zero-order valence-corrected chi connectivity index (χ0v) is 17.8. The summed E-state index contributed by atoms with van der Waals surface area (Å²) in [6, 6.07) is 12.3. The van der Waals surface area contributed by atoms with Crippen molar-refractivity contribution in [3.8, 4) is 11.1 Å². The fourth-order valence-electron chi connectivity index (χ4n) is 2.80. The highest BCUT2D eigenvalue weighted by Crippen LogP contribution is 2.40. The molecule has 0 aliphatic carbocycles. The number of rotatable bonds is 6. The minimum Gasteiger partial charge on any atom is -0.462 e. The number of nitro groups is 1. The highest BCUT2D eigenvalue weighted by molar-refractivity contribution is 7.80. The number of anilines is 2. The number of thiocarbonyl (C=S) groups is 1. The summed E-state index contributed by atoms with van der Waals surface area (Å²) in [6.45, 7) is 3.92. The summed E-state index contributed by atoms with van der Waals surface area (Å²) in [5.74, 6) is -0.105. The van der Waals surface area contributed by atoms with Crippen molar-refractivity contribution in [2.24, 2.45) is 0 Å². The van der Waals surface area contributed by atoms with E-state index in [1.807, 2.05) is 37.3 Å². The molecule has 154 valence electrons. The van der Waals surface area contributed by atoms with E-state index in [1.54, 1.807) is 6.92 Å². The Morgan fingerprint density at radius 3 is 2.57 bits per heavy atom. The molecule has 10 heteroatoms. The van der Waals surface area contributed by atoms with Gasteiger partial charge in [-0.1, -0.05) is 30.3 Å². The first-order valence-corrected chi connectivity index (χ1v) is 10.2. The van der Waals surface area contributed by atoms with E-state index < -0.39 is 10.9 Å². The summed E-state index contributed by atoms with van der Waals surface area (Å²) in [7, 11) is 0. The number of carbonyl (C=O) groups excluding carboxylic acids is 1. The van der Waals surface area contributed by atoms with Crippen LogP contribution in [0.25, 0.3) is 11.1 Å². The molecule has 0 saturated heterocycles. The van der Waals surface area contributed by atoms with Crippen LogP contribution in [-0.4, -0.2) is 27.6 Å². The topological polar surface area (TPSA) is 106 Å². The van der Waals surface area contributed by atoms with Gasteiger partial charge in [-0.15, -0.1) is 11.3 Å². The molecular formula is C20H18N4O4S2. The van der Waals surface area contributed by atoms with Crippen LogP contribution in [0.2, 0.25) is 0 Å². The normalized spacial score (nSPS) is 10.3. The zero-order valence-electron chi connectivity index (χ0n) is 16.2. The summed E-state index contributed by atoms with van der Waals surface area (Å²) < 4.78 is 5.27. The second kappa shape index (κ2) is 9.42. The van der Waals surface area contributed by atoms with Gasteiger partial charge in [-0.3, -0.25) is 10.1 Å². The van der Waals surface area contributed by atoms with Crippen LogP contribution in [0.1, 0.15) is 22.2 Å². The van der Waals surface area contributed by atoms with Crippen molar-refractivity contribution in [1.29, 1.82) is 0 Å². The standard InChI is InChI=1S/C20H18N4O4S2/c1-3-28-19(25)17-16(13-7-5-4-6-8-13)12(2)30-18(17)23-20(29)22-15-10-9-14(11-21-15)24(26)27/h4-11H,3H2,1-2H3,(H2,21,22,23,29). The molecule has 0 atom stereocenters. The van der Waals surface area contributed by atoms with Crippen molar-refractivity contribution in [2.75, 3.05) is 17.2 Å². The van der Waals surface area contributed by atoms with Gasteiger partial charge in [0.05, 0.1) is 11.5 Å². The maximum atomic E-state index is 12.7. The van der Waals surface area contributed by atoms with Crippen molar-refractivity contribution in [3.63, 3.8) is 0 Å². The highest BCUT2D eigenvalue weighted by atomic mass is 32.1. The lowest BCUT2D eigenvalue weighted by atomic mass is 10.0. The summed E-state index contributed by atoms with van der Waals surface area (Å²) in [5, 5.41) is 17.4. The lowest BCUT2D eigenvalue weighted by molar-refractivity contribution is -0.385. The van der Waals surface area contributed by atoms with Crippen LogP contribution in [0, 0.1) is 17.0 Å². The van der Waals surface area contributed by atoms with Crippen LogP contribution in [0.3, 0.4) is 0 Å². The molecule has 8 nitrogen and oxygen atoms in total. The third-order valence-electron chi connectivity index (χ3n) is 4.05. The fourth-order valence-corrected chi connectivity index (χ4v) is 4.14. The molecule has 1 aromatic carbocycles. The molecule has 30 heavy (non-hydrogen) atoms. The Bertz CT molecular complexity index is 1080. The average Bonchev–Trinajstić information content (AvgIpc) is 3.04. The van der Waals surface area contributed by atoms with E-state index in [0.717, 1.165) is 22.2 Å². The average molecular weight is 443 g/mol. The molecule has 0 unspecified atom stereocenters. The van der Waals surface area contributed by atoms with Gasteiger partial charge in [0, 0.05) is 16.5 Å². The number of hydrogen-bond acceptors (Lipinski definition) is 7. The molecule has 0 aliphatic rings. The van der Waals surface area contributed by atoms with Crippen LogP contribution in [0.5, 0.6) is 0 Å². The summed E-state index contributed by atoms with van der Waals surface area (Å²) >= 11 is 6.73. The Morgan fingerprint density at radius 1 is 1.23 bits per heavy atom. The molecule has 3 aromatic rings. The predicted octanol–water partition coefficient (Wildman–Crippen LogP) is 5.01. The van der Waals surface area contributed by atoms with Gasteiger partial charge in [0.2, 0.25) is 0 Å². The Hall–Kier alpha value is -3.37. The van der Waals surface area contributed by atoms with Crippen molar-refractivity contribution in [3.05, 3.63) is 69.2 Å². The Kier molecular flexibility index (Phi) is 6.70. The number of nitrogens with zero attached hydrogens (tertiary/aromatic N) is 2. The lowest BCUT2D eigenvalue weighted by Crippen LogP contribution is -2.20. The molecule has 0 spiro atoms. The smallest absolute Gasteiger partial charge is 0.341 e. The molecule has 2 aromatic heterocycles. The van der Waals surface area contributed by atoms with E-state index in [2.05, 4.69) is 15.6 Å². The largest absolute Gasteiger partial charge is 0.462 e. The van der Waals surface area contributed by atoms with Gasteiger partial charge in [-0.25, -0.2) is 9.78 Å². The molecular weight excluding hydrogens is 424 g/mol. The van der Waals surface area contributed by atoms with Gasteiger partial charge in [-0.2, -0.15) is 0 Å². The number of ether oxygens (including phenoxy) is 1. The number of nitrogens with one attached hydrogen (secondary N) is 2. The van der Waals surface area contributed by atoms with E-state index in [4.69, 9.17) is 17.0 Å². The number of aromatic nitrogens is 1. The first-order valence-electron chi connectivity index (χ1n) is 8.95. The van der Waals surface area contributed by atoms with Crippen LogP contribution in [0.15, 0.2) is 48.7 Å². The van der Waals surface area contributed by atoms with Crippen LogP contribution in [-0.2, 0) is 4.74 Å². The number of aryl methyl sites for hydroxylation is 1. The van der Waals surface area contributed by atoms with Crippen molar-refractivity contribution < 1.29 is 14.5 Å². The van der Waals surface area contributed by atoms with Gasteiger partial charge >= 0.3 is 5.97 Å². The maximum absolute atomic E-state index is 12.7. The molecule has 0 amide bonds. The van der Waals surface area contributed by atoms with Gasteiger partial charge < -0.3 is 15.4 Å². The first-order chi connectivity index (χ1) is 14.4. The zero-order chi connectivity index (χ0) is 21.7. The Balaban J connectivity index is 1.88. The molecule has 0 saturated carbocycles. The number of benzene rings is 1. The van der Waals surface area contributed by atoms with Gasteiger partial charge in [0.1, 0.15) is 22.6 Å². The van der Waals surface area contributed by atoms with Crippen LogP contribution in [0.4, 0.5) is 16.5 Å². The molecule has 0 bridgehead atoms. The van der Waals surface area contributed by atoms with Gasteiger partial charge in [0.25, 0.3) is 5.69 Å². The number of hydrogen-bond donors (Lipinski definition) is 2. The van der Waals surface area contributed by atoms with Crippen LogP contribution < -0.4 is 10.6 Å². The van der Waals surface area contributed by atoms with E-state index in [9.17, 15) is 14.9 Å². The number of thiophene rings is 1. The van der Waals surface area contributed by atoms with Gasteiger partial charge in [-0.05, 0) is 37.7 Å². The second-order valence-electron chi connectivity index (χ2n) is 6.06. The van der Waals surface area contributed by atoms with Crippen molar-refractivity contribution in [1.82, 2.24) is 4.98 Å². The third kappa shape index (κ3) is 4.78. The minimum absolute atomic E-state index is 0.120. The SMILES string of the molecule is CCOC(=O)c1c(NC(=S)Nc2ccc([N+](=O)[O-])cn2)sc(C)c1-c1ccccc1. The lowest BCUT2D eigenvalue weighted by Gasteiger charge is -2.11. The molecule has 2 N–H and O–H groups in total.